The normalized spacial score (nSPS) is 10.6. The molecule has 0 saturated carbocycles. The highest BCUT2D eigenvalue weighted by Crippen LogP contribution is 2.27. The number of fused-ring (bicyclic) bond motifs is 1. The largest absolute Gasteiger partial charge is 0.357 e. The van der Waals surface area contributed by atoms with E-state index < -0.39 is 0 Å². The predicted molar refractivity (Wildman–Crippen MR) is 82.2 cm³/mol. The molecule has 0 aliphatic rings. The SMILES string of the molecule is CNc1ncc(Br)c(Nc2ccc3ncsc3c2)n1. The lowest BCUT2D eigenvalue weighted by Crippen LogP contribution is -2.01. The molecule has 0 aliphatic carbocycles. The van der Waals surface area contributed by atoms with Crippen LogP contribution in [-0.2, 0) is 0 Å². The van der Waals surface area contributed by atoms with Gasteiger partial charge in [0.15, 0.2) is 0 Å². The van der Waals surface area contributed by atoms with Gasteiger partial charge in [0.2, 0.25) is 5.95 Å². The first-order valence-corrected chi connectivity index (χ1v) is 7.24. The molecule has 2 heterocycles. The molecule has 0 radical (unpaired) electrons. The summed E-state index contributed by atoms with van der Waals surface area (Å²) in [4.78, 5) is 12.7. The quantitative estimate of drug-likeness (QED) is 0.765. The number of rotatable bonds is 3. The Morgan fingerprint density at radius 1 is 1.26 bits per heavy atom. The Morgan fingerprint density at radius 3 is 3.00 bits per heavy atom. The Bertz CT molecular complexity index is 727. The number of hydrogen-bond donors (Lipinski definition) is 2. The smallest absolute Gasteiger partial charge is 0.224 e. The van der Waals surface area contributed by atoms with Crippen LogP contribution in [0.1, 0.15) is 0 Å². The molecular formula is C12H10BrN5S. The Labute approximate surface area is 122 Å². The number of nitrogens with one attached hydrogen (secondary N) is 2. The Kier molecular flexibility index (Phi) is 3.31. The number of anilines is 3. The number of halogens is 1. The van der Waals surface area contributed by atoms with E-state index in [1.165, 1.54) is 0 Å². The van der Waals surface area contributed by atoms with Crippen LogP contribution in [0.2, 0.25) is 0 Å². The van der Waals surface area contributed by atoms with Gasteiger partial charge in [0.1, 0.15) is 5.82 Å². The number of thiazole rings is 1. The van der Waals surface area contributed by atoms with E-state index in [0.717, 1.165) is 26.2 Å². The zero-order valence-corrected chi connectivity index (χ0v) is 12.4. The maximum Gasteiger partial charge on any atom is 0.224 e. The van der Waals surface area contributed by atoms with Crippen molar-refractivity contribution in [3.63, 3.8) is 0 Å². The van der Waals surface area contributed by atoms with Crippen molar-refractivity contribution in [2.45, 2.75) is 0 Å². The molecule has 0 atom stereocenters. The third kappa shape index (κ3) is 2.52. The minimum Gasteiger partial charge on any atom is -0.357 e. The summed E-state index contributed by atoms with van der Waals surface area (Å²) in [6, 6.07) is 6.03. The van der Waals surface area contributed by atoms with Gasteiger partial charge in [-0.05, 0) is 34.1 Å². The average Bonchev–Trinajstić information content (AvgIpc) is 2.89. The van der Waals surface area contributed by atoms with Crippen molar-refractivity contribution in [3.05, 3.63) is 34.4 Å². The lowest BCUT2D eigenvalue weighted by atomic mass is 10.3. The van der Waals surface area contributed by atoms with Gasteiger partial charge in [0, 0.05) is 18.9 Å². The zero-order chi connectivity index (χ0) is 13.2. The summed E-state index contributed by atoms with van der Waals surface area (Å²) in [6.07, 6.45) is 1.71. The summed E-state index contributed by atoms with van der Waals surface area (Å²) in [7, 11) is 1.79. The molecule has 2 N–H and O–H groups in total. The van der Waals surface area contributed by atoms with Gasteiger partial charge in [-0.2, -0.15) is 4.98 Å². The molecule has 3 aromatic rings. The Morgan fingerprint density at radius 2 is 2.16 bits per heavy atom. The fourth-order valence-electron chi connectivity index (χ4n) is 1.64. The van der Waals surface area contributed by atoms with Crippen LogP contribution in [0.15, 0.2) is 34.4 Å². The van der Waals surface area contributed by atoms with Crippen LogP contribution in [0, 0.1) is 0 Å². The number of aromatic nitrogens is 3. The van der Waals surface area contributed by atoms with Crippen molar-refractivity contribution in [3.8, 4) is 0 Å². The molecule has 0 bridgehead atoms. The van der Waals surface area contributed by atoms with Crippen molar-refractivity contribution >= 4 is 54.9 Å². The molecule has 19 heavy (non-hydrogen) atoms. The second kappa shape index (κ2) is 5.10. The fourth-order valence-corrected chi connectivity index (χ4v) is 2.65. The van der Waals surface area contributed by atoms with E-state index in [2.05, 4.69) is 47.6 Å². The molecule has 2 aromatic heterocycles. The minimum atomic E-state index is 0.574. The van der Waals surface area contributed by atoms with Crippen LogP contribution in [0.3, 0.4) is 0 Å². The summed E-state index contributed by atoms with van der Waals surface area (Å²) < 4.78 is 1.96. The van der Waals surface area contributed by atoms with E-state index in [4.69, 9.17) is 0 Å². The molecule has 0 saturated heterocycles. The van der Waals surface area contributed by atoms with Gasteiger partial charge in [0.05, 0.1) is 20.2 Å². The first kappa shape index (κ1) is 12.3. The topological polar surface area (TPSA) is 62.7 Å². The number of hydrogen-bond acceptors (Lipinski definition) is 6. The maximum atomic E-state index is 4.36. The minimum absolute atomic E-state index is 0.574. The van der Waals surface area contributed by atoms with E-state index in [0.29, 0.717) is 5.95 Å². The Balaban J connectivity index is 1.95. The molecule has 5 nitrogen and oxygen atoms in total. The lowest BCUT2D eigenvalue weighted by Gasteiger charge is -2.08. The fraction of sp³-hybridized carbons (Fsp3) is 0.0833. The monoisotopic (exact) mass is 335 g/mol. The lowest BCUT2D eigenvalue weighted by molar-refractivity contribution is 1.14. The molecule has 7 heteroatoms. The number of nitrogens with zero attached hydrogens (tertiary/aromatic N) is 3. The summed E-state index contributed by atoms with van der Waals surface area (Å²) in [5, 5.41) is 6.18. The van der Waals surface area contributed by atoms with Gasteiger partial charge in [0.25, 0.3) is 0 Å². The standard InChI is InChI=1S/C12H10BrN5S/c1-14-12-15-5-8(13)11(18-12)17-7-2-3-9-10(4-7)19-6-16-9/h2-6H,1H3,(H2,14,15,17,18). The average molecular weight is 336 g/mol. The predicted octanol–water partition coefficient (Wildman–Crippen LogP) is 3.63. The molecule has 0 fully saturated rings. The first-order chi connectivity index (χ1) is 9.26. The van der Waals surface area contributed by atoms with Gasteiger partial charge in [-0.15, -0.1) is 11.3 Å². The van der Waals surface area contributed by atoms with Crippen molar-refractivity contribution in [1.29, 1.82) is 0 Å². The van der Waals surface area contributed by atoms with Gasteiger partial charge < -0.3 is 10.6 Å². The molecule has 3 rings (SSSR count). The van der Waals surface area contributed by atoms with E-state index in [1.54, 1.807) is 24.6 Å². The van der Waals surface area contributed by atoms with E-state index in [1.807, 2.05) is 17.6 Å². The molecule has 1 aromatic carbocycles. The van der Waals surface area contributed by atoms with Crippen LogP contribution in [0.5, 0.6) is 0 Å². The van der Waals surface area contributed by atoms with Crippen LogP contribution in [0.25, 0.3) is 10.2 Å². The summed E-state index contributed by atoms with van der Waals surface area (Å²) in [5.74, 6) is 1.30. The van der Waals surface area contributed by atoms with Crippen molar-refractivity contribution in [1.82, 2.24) is 15.0 Å². The highest BCUT2D eigenvalue weighted by molar-refractivity contribution is 9.10. The van der Waals surface area contributed by atoms with Crippen molar-refractivity contribution < 1.29 is 0 Å². The third-order valence-electron chi connectivity index (χ3n) is 2.56. The highest BCUT2D eigenvalue weighted by Gasteiger charge is 2.05. The van der Waals surface area contributed by atoms with E-state index in [9.17, 15) is 0 Å². The molecular weight excluding hydrogens is 326 g/mol. The van der Waals surface area contributed by atoms with Crippen LogP contribution >= 0.6 is 27.3 Å². The number of benzene rings is 1. The second-order valence-corrected chi connectivity index (χ2v) is 5.54. The second-order valence-electron chi connectivity index (χ2n) is 3.80. The zero-order valence-electron chi connectivity index (χ0n) is 10.0. The van der Waals surface area contributed by atoms with Crippen molar-refractivity contribution in [2.24, 2.45) is 0 Å². The molecule has 0 spiro atoms. The Hall–Kier alpha value is -1.73. The van der Waals surface area contributed by atoms with E-state index >= 15 is 0 Å². The van der Waals surface area contributed by atoms with Crippen LogP contribution < -0.4 is 10.6 Å². The third-order valence-corrected chi connectivity index (χ3v) is 3.93. The maximum absolute atomic E-state index is 4.36. The molecule has 96 valence electrons. The van der Waals surface area contributed by atoms with Crippen LogP contribution in [0.4, 0.5) is 17.5 Å². The van der Waals surface area contributed by atoms with Gasteiger partial charge in [-0.25, -0.2) is 9.97 Å². The summed E-state index contributed by atoms with van der Waals surface area (Å²) >= 11 is 5.05. The first-order valence-electron chi connectivity index (χ1n) is 5.57. The van der Waals surface area contributed by atoms with Crippen molar-refractivity contribution in [2.75, 3.05) is 17.7 Å². The molecule has 0 amide bonds. The van der Waals surface area contributed by atoms with Gasteiger partial charge >= 0.3 is 0 Å². The summed E-state index contributed by atoms with van der Waals surface area (Å²) in [5.41, 5.74) is 3.82. The van der Waals surface area contributed by atoms with Gasteiger partial charge in [-0.3, -0.25) is 0 Å². The van der Waals surface area contributed by atoms with E-state index in [-0.39, 0.29) is 0 Å². The van der Waals surface area contributed by atoms with Gasteiger partial charge in [-0.1, -0.05) is 0 Å². The molecule has 0 unspecified atom stereocenters. The highest BCUT2D eigenvalue weighted by atomic mass is 79.9. The van der Waals surface area contributed by atoms with Crippen LogP contribution in [-0.4, -0.2) is 22.0 Å². The molecule has 0 aliphatic heterocycles. The summed E-state index contributed by atoms with van der Waals surface area (Å²) in [6.45, 7) is 0.